The van der Waals surface area contributed by atoms with Crippen LogP contribution < -0.4 is 11.1 Å². The van der Waals surface area contributed by atoms with Crippen LogP contribution in [0.25, 0.3) is 0 Å². The molecule has 0 heterocycles. The summed E-state index contributed by atoms with van der Waals surface area (Å²) in [5.74, 6) is -0.515. The highest BCUT2D eigenvalue weighted by atomic mass is 16.4. The van der Waals surface area contributed by atoms with Gasteiger partial charge in [0, 0.05) is 6.04 Å². The molecule has 0 bridgehead atoms. The van der Waals surface area contributed by atoms with Gasteiger partial charge in [-0.05, 0) is 31.2 Å². The summed E-state index contributed by atoms with van der Waals surface area (Å²) in [4.78, 5) is 12.4. The number of oxime groups is 1. The van der Waals surface area contributed by atoms with E-state index in [0.717, 1.165) is 12.8 Å². The van der Waals surface area contributed by atoms with E-state index in [4.69, 9.17) is 10.9 Å². The predicted octanol–water partition coefficient (Wildman–Crippen LogP) is 2.46. The van der Waals surface area contributed by atoms with Gasteiger partial charge in [-0.15, -0.1) is 0 Å². The van der Waals surface area contributed by atoms with Crippen molar-refractivity contribution in [2.75, 3.05) is 0 Å². The highest BCUT2D eigenvalue weighted by molar-refractivity contribution is 6.07. The summed E-state index contributed by atoms with van der Waals surface area (Å²) in [6, 6.07) is 9.14. The van der Waals surface area contributed by atoms with Gasteiger partial charge >= 0.3 is 0 Å². The molecule has 0 aliphatic rings. The van der Waals surface area contributed by atoms with Crippen LogP contribution in [0.3, 0.4) is 0 Å². The van der Waals surface area contributed by atoms with Crippen LogP contribution in [0.2, 0.25) is 0 Å². The maximum atomic E-state index is 12.4. The van der Waals surface area contributed by atoms with Gasteiger partial charge in [-0.1, -0.05) is 49.3 Å². The molecule has 1 amide bonds. The SMILES string of the molecule is CC(C)CCC(C)NC(=O)C(C(N)=NO)c1ccccc1. The second kappa shape index (κ2) is 8.29. The Morgan fingerprint density at radius 1 is 1.24 bits per heavy atom. The van der Waals surface area contributed by atoms with E-state index in [-0.39, 0.29) is 17.8 Å². The molecule has 21 heavy (non-hydrogen) atoms. The molecule has 5 heteroatoms. The van der Waals surface area contributed by atoms with Gasteiger partial charge in [0.1, 0.15) is 5.92 Å². The summed E-state index contributed by atoms with van der Waals surface area (Å²) in [6.07, 6.45) is 1.95. The third-order valence-corrected chi connectivity index (χ3v) is 3.37. The Balaban J connectivity index is 2.78. The molecule has 0 saturated heterocycles. The number of carbonyl (C=O) groups excluding carboxylic acids is 1. The highest BCUT2D eigenvalue weighted by Crippen LogP contribution is 2.17. The van der Waals surface area contributed by atoms with Gasteiger partial charge in [-0.25, -0.2) is 0 Å². The zero-order valence-electron chi connectivity index (χ0n) is 12.9. The number of hydrogen-bond acceptors (Lipinski definition) is 3. The van der Waals surface area contributed by atoms with Gasteiger partial charge in [-0.3, -0.25) is 4.79 Å². The fourth-order valence-corrected chi connectivity index (χ4v) is 2.14. The van der Waals surface area contributed by atoms with Crippen LogP contribution in [0.15, 0.2) is 35.5 Å². The first kappa shape index (κ1) is 17.0. The first-order chi connectivity index (χ1) is 9.95. The van der Waals surface area contributed by atoms with Crippen LogP contribution >= 0.6 is 0 Å². The monoisotopic (exact) mass is 291 g/mol. The van der Waals surface area contributed by atoms with Crippen molar-refractivity contribution in [3.63, 3.8) is 0 Å². The number of amides is 1. The average molecular weight is 291 g/mol. The van der Waals surface area contributed by atoms with E-state index in [1.807, 2.05) is 25.1 Å². The number of nitrogens with one attached hydrogen (secondary N) is 1. The maximum absolute atomic E-state index is 12.4. The first-order valence-corrected chi connectivity index (χ1v) is 7.28. The summed E-state index contributed by atoms with van der Waals surface area (Å²) < 4.78 is 0. The van der Waals surface area contributed by atoms with Crippen LogP contribution in [0.1, 0.15) is 45.1 Å². The fraction of sp³-hybridized carbons (Fsp3) is 0.500. The van der Waals surface area contributed by atoms with Crippen molar-refractivity contribution in [1.82, 2.24) is 5.32 Å². The number of carbonyl (C=O) groups is 1. The molecule has 2 unspecified atom stereocenters. The third-order valence-electron chi connectivity index (χ3n) is 3.37. The predicted molar refractivity (Wildman–Crippen MR) is 84.3 cm³/mol. The van der Waals surface area contributed by atoms with Crippen LogP contribution in [-0.2, 0) is 4.79 Å². The van der Waals surface area contributed by atoms with E-state index in [2.05, 4.69) is 24.3 Å². The number of rotatable bonds is 7. The lowest BCUT2D eigenvalue weighted by Crippen LogP contribution is -2.41. The standard InChI is InChI=1S/C16H25N3O2/c1-11(2)9-10-12(3)18-16(20)14(15(17)19-21)13-7-5-4-6-8-13/h4-8,11-12,14,21H,9-10H2,1-3H3,(H2,17,19)(H,18,20). The minimum atomic E-state index is -0.766. The highest BCUT2D eigenvalue weighted by Gasteiger charge is 2.26. The van der Waals surface area contributed by atoms with E-state index in [1.165, 1.54) is 0 Å². The molecule has 1 aromatic carbocycles. The molecular formula is C16H25N3O2. The number of benzene rings is 1. The Hall–Kier alpha value is -2.04. The lowest BCUT2D eigenvalue weighted by Gasteiger charge is -2.20. The van der Waals surface area contributed by atoms with Crippen LogP contribution in [0.4, 0.5) is 0 Å². The largest absolute Gasteiger partial charge is 0.409 e. The molecule has 0 aliphatic heterocycles. The second-order valence-electron chi connectivity index (χ2n) is 5.75. The second-order valence-corrected chi connectivity index (χ2v) is 5.75. The van der Waals surface area contributed by atoms with Gasteiger partial charge in [0.25, 0.3) is 0 Å². The lowest BCUT2D eigenvalue weighted by atomic mass is 9.96. The van der Waals surface area contributed by atoms with E-state index < -0.39 is 5.92 Å². The molecule has 0 aromatic heterocycles. The van der Waals surface area contributed by atoms with E-state index >= 15 is 0 Å². The molecular weight excluding hydrogens is 266 g/mol. The van der Waals surface area contributed by atoms with E-state index in [1.54, 1.807) is 12.1 Å². The minimum absolute atomic E-state index is 0.0533. The van der Waals surface area contributed by atoms with Crippen molar-refractivity contribution in [2.24, 2.45) is 16.8 Å². The fourth-order valence-electron chi connectivity index (χ4n) is 2.14. The lowest BCUT2D eigenvalue weighted by molar-refractivity contribution is -0.121. The number of nitrogens with two attached hydrogens (primary N) is 1. The molecule has 1 rings (SSSR count). The number of amidine groups is 1. The zero-order chi connectivity index (χ0) is 15.8. The molecule has 0 radical (unpaired) electrons. The maximum Gasteiger partial charge on any atom is 0.235 e. The number of nitrogens with zero attached hydrogens (tertiary/aromatic N) is 1. The number of hydrogen-bond donors (Lipinski definition) is 3. The van der Waals surface area contributed by atoms with Gasteiger partial charge < -0.3 is 16.3 Å². The average Bonchev–Trinajstić information content (AvgIpc) is 2.46. The molecule has 116 valence electrons. The summed E-state index contributed by atoms with van der Waals surface area (Å²) in [5.41, 5.74) is 6.40. The topological polar surface area (TPSA) is 87.7 Å². The van der Waals surface area contributed by atoms with Crippen molar-refractivity contribution in [1.29, 1.82) is 0 Å². The Labute approximate surface area is 126 Å². The summed E-state index contributed by atoms with van der Waals surface area (Å²) in [6.45, 7) is 6.27. The van der Waals surface area contributed by atoms with E-state index in [0.29, 0.717) is 11.5 Å². The van der Waals surface area contributed by atoms with Crippen molar-refractivity contribution in [3.05, 3.63) is 35.9 Å². The van der Waals surface area contributed by atoms with Crippen molar-refractivity contribution in [2.45, 2.75) is 45.6 Å². The van der Waals surface area contributed by atoms with Gasteiger partial charge in [0.2, 0.25) is 5.91 Å². The normalized spacial score (nSPS) is 14.8. The van der Waals surface area contributed by atoms with Gasteiger partial charge in [-0.2, -0.15) is 0 Å². The summed E-state index contributed by atoms with van der Waals surface area (Å²) >= 11 is 0. The summed E-state index contributed by atoms with van der Waals surface area (Å²) in [5, 5.41) is 14.8. The Kier molecular flexibility index (Phi) is 6.72. The molecule has 0 fully saturated rings. The van der Waals surface area contributed by atoms with Crippen molar-refractivity contribution in [3.8, 4) is 0 Å². The van der Waals surface area contributed by atoms with Crippen LogP contribution in [0, 0.1) is 5.92 Å². The molecule has 1 aromatic rings. The smallest absolute Gasteiger partial charge is 0.235 e. The zero-order valence-corrected chi connectivity index (χ0v) is 12.9. The third kappa shape index (κ3) is 5.45. The minimum Gasteiger partial charge on any atom is -0.409 e. The first-order valence-electron chi connectivity index (χ1n) is 7.28. The van der Waals surface area contributed by atoms with Gasteiger partial charge in [0.05, 0.1) is 0 Å². The Bertz CT molecular complexity index is 472. The molecule has 2 atom stereocenters. The quantitative estimate of drug-likeness (QED) is 0.312. The van der Waals surface area contributed by atoms with Crippen molar-refractivity contribution >= 4 is 11.7 Å². The van der Waals surface area contributed by atoms with Crippen LogP contribution in [-0.4, -0.2) is 23.0 Å². The Morgan fingerprint density at radius 3 is 2.38 bits per heavy atom. The summed E-state index contributed by atoms with van der Waals surface area (Å²) in [7, 11) is 0. The molecule has 0 saturated carbocycles. The molecule has 0 aliphatic carbocycles. The van der Waals surface area contributed by atoms with Gasteiger partial charge in [0.15, 0.2) is 5.84 Å². The molecule has 0 spiro atoms. The molecule has 5 nitrogen and oxygen atoms in total. The van der Waals surface area contributed by atoms with Crippen LogP contribution in [0.5, 0.6) is 0 Å². The Morgan fingerprint density at radius 2 is 1.86 bits per heavy atom. The van der Waals surface area contributed by atoms with Crippen molar-refractivity contribution < 1.29 is 10.0 Å². The molecule has 4 N–H and O–H groups in total. The van der Waals surface area contributed by atoms with E-state index in [9.17, 15) is 4.79 Å².